The Morgan fingerprint density at radius 2 is 2.43 bits per heavy atom. The molecule has 78 valence electrons. The van der Waals surface area contributed by atoms with Gasteiger partial charge in [-0.3, -0.25) is 0 Å². The van der Waals surface area contributed by atoms with Gasteiger partial charge in [0.05, 0.1) is 5.03 Å². The molecule has 0 spiro atoms. The molecule has 1 rings (SSSR count). The first kappa shape index (κ1) is 11.5. The SMILES string of the molecule is COCCCSc1cc(CN)ccn1. The van der Waals surface area contributed by atoms with Crippen LogP contribution < -0.4 is 5.73 Å². The molecule has 0 unspecified atom stereocenters. The van der Waals surface area contributed by atoms with Gasteiger partial charge in [-0.2, -0.15) is 0 Å². The van der Waals surface area contributed by atoms with Crippen molar-refractivity contribution in [2.24, 2.45) is 5.73 Å². The molecule has 4 heteroatoms. The highest BCUT2D eigenvalue weighted by Gasteiger charge is 1.96. The Bertz CT molecular complexity index is 268. The van der Waals surface area contributed by atoms with Gasteiger partial charge in [-0.05, 0) is 24.1 Å². The number of rotatable bonds is 6. The molecule has 0 radical (unpaired) electrons. The van der Waals surface area contributed by atoms with Gasteiger partial charge in [-0.1, -0.05) is 0 Å². The summed E-state index contributed by atoms with van der Waals surface area (Å²) in [6.45, 7) is 1.39. The summed E-state index contributed by atoms with van der Waals surface area (Å²) in [7, 11) is 1.72. The average molecular weight is 212 g/mol. The second-order valence-corrected chi connectivity index (χ2v) is 4.02. The second-order valence-electron chi connectivity index (χ2n) is 2.90. The first-order chi connectivity index (χ1) is 6.86. The standard InChI is InChI=1S/C10H16N2OS/c1-13-5-2-6-14-10-7-9(8-11)3-4-12-10/h3-4,7H,2,5-6,8,11H2,1H3. The van der Waals surface area contributed by atoms with Crippen LogP contribution in [0.2, 0.25) is 0 Å². The fourth-order valence-electron chi connectivity index (χ4n) is 1.04. The molecule has 0 fully saturated rings. The van der Waals surface area contributed by atoms with Crippen molar-refractivity contribution in [2.75, 3.05) is 19.5 Å². The molecular weight excluding hydrogens is 196 g/mol. The highest BCUT2D eigenvalue weighted by atomic mass is 32.2. The lowest BCUT2D eigenvalue weighted by atomic mass is 10.3. The van der Waals surface area contributed by atoms with Gasteiger partial charge in [-0.15, -0.1) is 11.8 Å². The molecule has 0 saturated carbocycles. The van der Waals surface area contributed by atoms with E-state index < -0.39 is 0 Å². The van der Waals surface area contributed by atoms with Crippen LogP contribution in [-0.2, 0) is 11.3 Å². The summed E-state index contributed by atoms with van der Waals surface area (Å²) in [4.78, 5) is 4.25. The van der Waals surface area contributed by atoms with Crippen molar-refractivity contribution in [3.63, 3.8) is 0 Å². The Morgan fingerprint density at radius 3 is 3.14 bits per heavy atom. The van der Waals surface area contributed by atoms with E-state index in [4.69, 9.17) is 10.5 Å². The summed E-state index contributed by atoms with van der Waals surface area (Å²) in [5.41, 5.74) is 6.67. The number of methoxy groups -OCH3 is 1. The van der Waals surface area contributed by atoms with E-state index >= 15 is 0 Å². The van der Waals surface area contributed by atoms with E-state index in [0.717, 1.165) is 29.4 Å². The van der Waals surface area contributed by atoms with Gasteiger partial charge in [-0.25, -0.2) is 4.98 Å². The van der Waals surface area contributed by atoms with Crippen molar-refractivity contribution in [3.8, 4) is 0 Å². The zero-order chi connectivity index (χ0) is 10.2. The quantitative estimate of drug-likeness (QED) is 0.575. The highest BCUT2D eigenvalue weighted by Crippen LogP contribution is 2.16. The molecule has 0 aliphatic carbocycles. The van der Waals surface area contributed by atoms with Crippen molar-refractivity contribution >= 4 is 11.8 Å². The number of thioether (sulfide) groups is 1. The number of nitrogens with zero attached hydrogens (tertiary/aromatic N) is 1. The van der Waals surface area contributed by atoms with Crippen molar-refractivity contribution in [1.82, 2.24) is 4.98 Å². The Kier molecular flexibility index (Phi) is 5.59. The summed E-state index contributed by atoms with van der Waals surface area (Å²) in [6.07, 6.45) is 2.86. The summed E-state index contributed by atoms with van der Waals surface area (Å²) >= 11 is 1.74. The van der Waals surface area contributed by atoms with E-state index in [2.05, 4.69) is 4.98 Å². The molecule has 0 aliphatic rings. The van der Waals surface area contributed by atoms with Crippen molar-refractivity contribution in [3.05, 3.63) is 23.9 Å². The number of nitrogens with two attached hydrogens (primary N) is 1. The Morgan fingerprint density at radius 1 is 1.57 bits per heavy atom. The van der Waals surface area contributed by atoms with E-state index in [0.29, 0.717) is 6.54 Å². The molecule has 0 aromatic carbocycles. The van der Waals surface area contributed by atoms with Gasteiger partial charge in [0.2, 0.25) is 0 Å². The van der Waals surface area contributed by atoms with Gasteiger partial charge in [0.15, 0.2) is 0 Å². The minimum Gasteiger partial charge on any atom is -0.385 e. The van der Waals surface area contributed by atoms with E-state index in [1.54, 1.807) is 25.1 Å². The summed E-state index contributed by atoms with van der Waals surface area (Å²) in [6, 6.07) is 3.98. The molecule has 0 bridgehead atoms. The number of hydrogen-bond donors (Lipinski definition) is 1. The molecule has 1 aromatic rings. The number of aromatic nitrogens is 1. The lowest BCUT2D eigenvalue weighted by Gasteiger charge is -2.02. The second kappa shape index (κ2) is 6.81. The van der Waals surface area contributed by atoms with Crippen molar-refractivity contribution < 1.29 is 4.74 Å². The van der Waals surface area contributed by atoms with Crippen LogP contribution in [0.1, 0.15) is 12.0 Å². The van der Waals surface area contributed by atoms with Crippen LogP contribution in [0.15, 0.2) is 23.4 Å². The average Bonchev–Trinajstić information content (AvgIpc) is 2.25. The minimum absolute atomic E-state index is 0.578. The zero-order valence-corrected chi connectivity index (χ0v) is 9.22. The molecule has 2 N–H and O–H groups in total. The van der Waals surface area contributed by atoms with Crippen molar-refractivity contribution in [2.45, 2.75) is 18.0 Å². The zero-order valence-electron chi connectivity index (χ0n) is 8.40. The van der Waals surface area contributed by atoms with Gasteiger partial charge in [0, 0.05) is 32.2 Å². The summed E-state index contributed by atoms with van der Waals surface area (Å²) < 4.78 is 4.97. The third kappa shape index (κ3) is 4.09. The highest BCUT2D eigenvalue weighted by molar-refractivity contribution is 7.99. The lowest BCUT2D eigenvalue weighted by molar-refractivity contribution is 0.200. The van der Waals surface area contributed by atoms with Crippen LogP contribution in [0.3, 0.4) is 0 Å². The van der Waals surface area contributed by atoms with Gasteiger partial charge < -0.3 is 10.5 Å². The largest absolute Gasteiger partial charge is 0.385 e. The predicted octanol–water partition coefficient (Wildman–Crippen LogP) is 1.67. The van der Waals surface area contributed by atoms with Crippen LogP contribution >= 0.6 is 11.8 Å². The smallest absolute Gasteiger partial charge is 0.0963 e. The van der Waals surface area contributed by atoms with Crippen LogP contribution in [0.25, 0.3) is 0 Å². The van der Waals surface area contributed by atoms with E-state index in [1.165, 1.54) is 0 Å². The van der Waals surface area contributed by atoms with E-state index in [-0.39, 0.29) is 0 Å². The van der Waals surface area contributed by atoms with Crippen LogP contribution in [-0.4, -0.2) is 24.5 Å². The maximum Gasteiger partial charge on any atom is 0.0963 e. The third-order valence-electron chi connectivity index (χ3n) is 1.78. The lowest BCUT2D eigenvalue weighted by Crippen LogP contribution is -1.97. The summed E-state index contributed by atoms with van der Waals surface area (Å²) in [5.74, 6) is 1.04. The normalized spacial score (nSPS) is 10.4. The first-order valence-electron chi connectivity index (χ1n) is 4.63. The topological polar surface area (TPSA) is 48.1 Å². The van der Waals surface area contributed by atoms with Gasteiger partial charge in [0.1, 0.15) is 0 Å². The maximum atomic E-state index is 5.54. The number of pyridine rings is 1. The molecule has 14 heavy (non-hydrogen) atoms. The van der Waals surface area contributed by atoms with Crippen LogP contribution in [0, 0.1) is 0 Å². The van der Waals surface area contributed by atoms with E-state index in [1.807, 2.05) is 12.1 Å². The Labute approximate surface area is 89.1 Å². The van der Waals surface area contributed by atoms with Crippen LogP contribution in [0.5, 0.6) is 0 Å². The summed E-state index contributed by atoms with van der Waals surface area (Å²) in [5, 5.41) is 1.05. The fourth-order valence-corrected chi connectivity index (χ4v) is 1.88. The molecule has 0 aliphatic heterocycles. The Balaban J connectivity index is 2.34. The molecular formula is C10H16N2OS. The molecule has 0 atom stereocenters. The van der Waals surface area contributed by atoms with Gasteiger partial charge >= 0.3 is 0 Å². The van der Waals surface area contributed by atoms with E-state index in [9.17, 15) is 0 Å². The molecule has 0 amide bonds. The maximum absolute atomic E-state index is 5.54. The fraction of sp³-hybridized carbons (Fsp3) is 0.500. The third-order valence-corrected chi connectivity index (χ3v) is 2.79. The van der Waals surface area contributed by atoms with Gasteiger partial charge in [0.25, 0.3) is 0 Å². The number of hydrogen-bond acceptors (Lipinski definition) is 4. The molecule has 1 aromatic heterocycles. The van der Waals surface area contributed by atoms with Crippen LogP contribution in [0.4, 0.5) is 0 Å². The Hall–Kier alpha value is -0.580. The monoisotopic (exact) mass is 212 g/mol. The molecule has 3 nitrogen and oxygen atoms in total. The predicted molar refractivity (Wildman–Crippen MR) is 59.3 cm³/mol. The number of ether oxygens (including phenoxy) is 1. The minimum atomic E-state index is 0.578. The first-order valence-corrected chi connectivity index (χ1v) is 5.62. The molecule has 1 heterocycles. The van der Waals surface area contributed by atoms with Crippen molar-refractivity contribution in [1.29, 1.82) is 0 Å². The molecule has 0 saturated heterocycles.